The summed E-state index contributed by atoms with van der Waals surface area (Å²) in [5.41, 5.74) is -0.306. The molecule has 1 aromatic rings. The van der Waals surface area contributed by atoms with Gasteiger partial charge in [-0.2, -0.15) is 0 Å². The van der Waals surface area contributed by atoms with Gasteiger partial charge in [-0.15, -0.1) is 0 Å². The molecule has 1 aliphatic carbocycles. The first-order chi connectivity index (χ1) is 9.64. The molecule has 1 aliphatic rings. The minimum Gasteiger partial charge on any atom is -0.490 e. The van der Waals surface area contributed by atoms with E-state index in [1.807, 2.05) is 0 Å². The molecule has 112 valence electrons. The third-order valence-corrected chi connectivity index (χ3v) is 4.16. The van der Waals surface area contributed by atoms with Crippen molar-refractivity contribution >= 4 is 11.6 Å². The van der Waals surface area contributed by atoms with Crippen molar-refractivity contribution in [2.24, 2.45) is 5.92 Å². The summed E-state index contributed by atoms with van der Waals surface area (Å²) < 4.78 is 5.39. The number of ether oxygens (including phenoxy) is 1. The summed E-state index contributed by atoms with van der Waals surface area (Å²) in [7, 11) is 3.39. The molecule has 1 heterocycles. The van der Waals surface area contributed by atoms with Gasteiger partial charge < -0.3 is 20.5 Å². The van der Waals surface area contributed by atoms with Crippen molar-refractivity contribution < 1.29 is 9.84 Å². The van der Waals surface area contributed by atoms with E-state index >= 15 is 0 Å². The van der Waals surface area contributed by atoms with Gasteiger partial charge in [0.15, 0.2) is 11.6 Å². The van der Waals surface area contributed by atoms with Gasteiger partial charge in [-0.05, 0) is 31.6 Å². The smallest absolute Gasteiger partial charge is 0.204 e. The van der Waals surface area contributed by atoms with E-state index in [0.29, 0.717) is 17.4 Å². The van der Waals surface area contributed by atoms with Gasteiger partial charge in [-0.25, -0.2) is 9.97 Å². The molecule has 0 radical (unpaired) electrons. The fraction of sp³-hybridized carbons (Fsp3) is 0.714. The van der Waals surface area contributed by atoms with Crippen LogP contribution in [0.25, 0.3) is 0 Å². The zero-order chi connectivity index (χ0) is 14.6. The lowest BCUT2D eigenvalue weighted by molar-refractivity contribution is 0.154. The topological polar surface area (TPSA) is 79.3 Å². The van der Waals surface area contributed by atoms with Crippen LogP contribution in [0.4, 0.5) is 11.6 Å². The summed E-state index contributed by atoms with van der Waals surface area (Å²) in [6.45, 7) is 2.35. The monoisotopic (exact) mass is 280 g/mol. The molecule has 0 spiro atoms. The van der Waals surface area contributed by atoms with E-state index in [0.717, 1.165) is 31.6 Å². The van der Waals surface area contributed by atoms with Crippen molar-refractivity contribution in [2.75, 3.05) is 31.4 Å². The maximum atomic E-state index is 9.82. The average Bonchev–Trinajstić information content (AvgIpc) is 2.49. The molecule has 1 aromatic heterocycles. The summed E-state index contributed by atoms with van der Waals surface area (Å²) in [6, 6.07) is 0. The van der Waals surface area contributed by atoms with Gasteiger partial charge in [0.05, 0.1) is 19.3 Å². The Kier molecular flexibility index (Phi) is 4.65. The molecular formula is C14H24N4O2. The zero-order valence-corrected chi connectivity index (χ0v) is 12.4. The van der Waals surface area contributed by atoms with E-state index in [2.05, 4.69) is 27.5 Å². The predicted octanol–water partition coefficient (Wildman–Crippen LogP) is 1.88. The van der Waals surface area contributed by atoms with Crippen molar-refractivity contribution in [3.05, 3.63) is 6.33 Å². The van der Waals surface area contributed by atoms with Gasteiger partial charge in [0.1, 0.15) is 6.33 Å². The SMILES string of the molecule is CNc1ncnc(NC2(CO)CCC(C)CC2)c1OC. The van der Waals surface area contributed by atoms with Crippen LogP contribution >= 0.6 is 0 Å². The first kappa shape index (κ1) is 14.8. The molecule has 0 aromatic carbocycles. The fourth-order valence-corrected chi connectivity index (χ4v) is 2.72. The van der Waals surface area contributed by atoms with Crippen LogP contribution in [0, 0.1) is 5.92 Å². The van der Waals surface area contributed by atoms with Crippen LogP contribution in [0.3, 0.4) is 0 Å². The minimum absolute atomic E-state index is 0.0990. The van der Waals surface area contributed by atoms with Crippen molar-refractivity contribution in [1.82, 2.24) is 9.97 Å². The van der Waals surface area contributed by atoms with Crippen molar-refractivity contribution in [1.29, 1.82) is 0 Å². The Morgan fingerprint density at radius 1 is 1.35 bits per heavy atom. The Bertz CT molecular complexity index is 445. The molecule has 0 atom stereocenters. The summed E-state index contributed by atoms with van der Waals surface area (Å²) in [6.07, 6.45) is 5.59. The highest BCUT2D eigenvalue weighted by atomic mass is 16.5. The highest BCUT2D eigenvalue weighted by molar-refractivity contribution is 5.64. The van der Waals surface area contributed by atoms with Gasteiger partial charge in [0.25, 0.3) is 0 Å². The Balaban J connectivity index is 2.23. The number of rotatable bonds is 5. The number of aliphatic hydroxyl groups excluding tert-OH is 1. The standard InChI is InChI=1S/C14H24N4O2/c1-10-4-6-14(8-19,7-5-10)18-13-11(20-3)12(15-2)16-9-17-13/h9-10,19H,4-8H2,1-3H3,(H2,15,16,17,18). The number of anilines is 2. The second-order valence-electron chi connectivity index (χ2n) is 5.60. The van der Waals surface area contributed by atoms with Crippen LogP contribution in [0.2, 0.25) is 0 Å². The molecule has 0 saturated heterocycles. The summed E-state index contributed by atoms with van der Waals surface area (Å²) in [5, 5.41) is 16.2. The van der Waals surface area contributed by atoms with Gasteiger partial charge in [0.2, 0.25) is 5.75 Å². The minimum atomic E-state index is -0.306. The van der Waals surface area contributed by atoms with E-state index in [9.17, 15) is 5.11 Å². The van der Waals surface area contributed by atoms with Crippen molar-refractivity contribution in [3.8, 4) is 5.75 Å². The van der Waals surface area contributed by atoms with E-state index in [-0.39, 0.29) is 12.1 Å². The molecule has 2 rings (SSSR count). The lowest BCUT2D eigenvalue weighted by Gasteiger charge is -2.39. The third-order valence-electron chi connectivity index (χ3n) is 4.16. The highest BCUT2D eigenvalue weighted by Gasteiger charge is 2.34. The van der Waals surface area contributed by atoms with Gasteiger partial charge >= 0.3 is 0 Å². The molecular weight excluding hydrogens is 256 g/mol. The van der Waals surface area contributed by atoms with Gasteiger partial charge in [0, 0.05) is 7.05 Å². The number of aromatic nitrogens is 2. The Morgan fingerprint density at radius 2 is 2.00 bits per heavy atom. The van der Waals surface area contributed by atoms with Crippen LogP contribution in [0.5, 0.6) is 5.75 Å². The molecule has 3 N–H and O–H groups in total. The number of hydrogen-bond acceptors (Lipinski definition) is 6. The molecule has 0 bridgehead atoms. The molecule has 1 fully saturated rings. The number of methoxy groups -OCH3 is 1. The number of nitrogens with zero attached hydrogens (tertiary/aromatic N) is 2. The Labute approximate surface area is 120 Å². The maximum absolute atomic E-state index is 9.82. The molecule has 0 aliphatic heterocycles. The van der Waals surface area contributed by atoms with E-state index in [4.69, 9.17) is 4.74 Å². The quantitative estimate of drug-likeness (QED) is 0.764. The highest BCUT2D eigenvalue weighted by Crippen LogP contribution is 2.37. The molecule has 20 heavy (non-hydrogen) atoms. The van der Waals surface area contributed by atoms with Gasteiger partial charge in [-0.3, -0.25) is 0 Å². The zero-order valence-electron chi connectivity index (χ0n) is 12.4. The second-order valence-corrected chi connectivity index (χ2v) is 5.60. The largest absolute Gasteiger partial charge is 0.490 e. The molecule has 1 saturated carbocycles. The lowest BCUT2D eigenvalue weighted by atomic mass is 9.77. The average molecular weight is 280 g/mol. The van der Waals surface area contributed by atoms with Crippen LogP contribution in [0.15, 0.2) is 6.33 Å². The van der Waals surface area contributed by atoms with Crippen molar-refractivity contribution in [2.45, 2.75) is 38.1 Å². The number of nitrogens with one attached hydrogen (secondary N) is 2. The second kappa shape index (κ2) is 6.26. The van der Waals surface area contributed by atoms with Crippen LogP contribution in [-0.4, -0.2) is 41.4 Å². The number of aliphatic hydroxyl groups is 1. The summed E-state index contributed by atoms with van der Waals surface area (Å²) in [4.78, 5) is 8.40. The Morgan fingerprint density at radius 3 is 2.55 bits per heavy atom. The molecule has 6 nitrogen and oxygen atoms in total. The van der Waals surface area contributed by atoms with E-state index in [1.165, 1.54) is 6.33 Å². The molecule has 6 heteroatoms. The number of hydrogen-bond donors (Lipinski definition) is 3. The molecule has 0 unspecified atom stereocenters. The van der Waals surface area contributed by atoms with Crippen LogP contribution < -0.4 is 15.4 Å². The predicted molar refractivity (Wildman–Crippen MR) is 79.2 cm³/mol. The normalized spacial score (nSPS) is 26.1. The first-order valence-corrected chi connectivity index (χ1v) is 7.10. The fourth-order valence-electron chi connectivity index (χ4n) is 2.72. The van der Waals surface area contributed by atoms with Crippen LogP contribution in [0.1, 0.15) is 32.6 Å². The van der Waals surface area contributed by atoms with Gasteiger partial charge in [-0.1, -0.05) is 6.92 Å². The first-order valence-electron chi connectivity index (χ1n) is 7.10. The van der Waals surface area contributed by atoms with E-state index in [1.54, 1.807) is 14.2 Å². The summed E-state index contributed by atoms with van der Waals surface area (Å²) in [5.74, 6) is 2.58. The Hall–Kier alpha value is -1.56. The van der Waals surface area contributed by atoms with Crippen LogP contribution in [-0.2, 0) is 0 Å². The maximum Gasteiger partial charge on any atom is 0.204 e. The van der Waals surface area contributed by atoms with E-state index < -0.39 is 0 Å². The molecule has 0 amide bonds. The van der Waals surface area contributed by atoms with Crippen molar-refractivity contribution in [3.63, 3.8) is 0 Å². The summed E-state index contributed by atoms with van der Waals surface area (Å²) >= 11 is 0. The lowest BCUT2D eigenvalue weighted by Crippen LogP contribution is -2.45. The third kappa shape index (κ3) is 2.95.